The van der Waals surface area contributed by atoms with Gasteiger partial charge in [-0.05, 0) is 26.3 Å². The van der Waals surface area contributed by atoms with Gasteiger partial charge in [-0.2, -0.15) is 0 Å². The van der Waals surface area contributed by atoms with Crippen molar-refractivity contribution in [2.24, 2.45) is 0 Å². The van der Waals surface area contributed by atoms with Gasteiger partial charge in [-0.25, -0.2) is 0 Å². The summed E-state index contributed by atoms with van der Waals surface area (Å²) in [5, 5.41) is 5.74. The molecular weight excluding hydrogens is 206 g/mol. The molecule has 1 aliphatic rings. The van der Waals surface area contributed by atoms with Crippen LogP contribution in [0.25, 0.3) is 0 Å². The summed E-state index contributed by atoms with van der Waals surface area (Å²) in [6.07, 6.45) is 2.20. The molecule has 5 nitrogen and oxygen atoms in total. The first-order valence-electron chi connectivity index (χ1n) is 5.88. The largest absolute Gasteiger partial charge is 0.359 e. The maximum atomic E-state index is 11.9. The molecule has 1 unspecified atom stereocenters. The number of amides is 2. The molecule has 2 N–H and O–H groups in total. The summed E-state index contributed by atoms with van der Waals surface area (Å²) in [5.74, 6) is 0.183. The van der Waals surface area contributed by atoms with Gasteiger partial charge in [-0.15, -0.1) is 0 Å². The molecule has 92 valence electrons. The van der Waals surface area contributed by atoms with Gasteiger partial charge in [0.15, 0.2) is 0 Å². The van der Waals surface area contributed by atoms with Crippen LogP contribution in [0.3, 0.4) is 0 Å². The molecule has 0 radical (unpaired) electrons. The molecule has 2 amide bonds. The van der Waals surface area contributed by atoms with Crippen molar-refractivity contribution in [2.75, 3.05) is 26.7 Å². The monoisotopic (exact) mass is 227 g/mol. The van der Waals surface area contributed by atoms with Gasteiger partial charge in [0.1, 0.15) is 0 Å². The van der Waals surface area contributed by atoms with Crippen LogP contribution in [0.15, 0.2) is 0 Å². The van der Waals surface area contributed by atoms with E-state index in [1.165, 1.54) is 0 Å². The molecular formula is C11H21N3O2. The molecule has 1 rings (SSSR count). The third-order valence-electron chi connectivity index (χ3n) is 2.85. The first-order chi connectivity index (χ1) is 7.65. The molecule has 1 aliphatic heterocycles. The second kappa shape index (κ2) is 6.48. The maximum absolute atomic E-state index is 11.9. The summed E-state index contributed by atoms with van der Waals surface area (Å²) in [4.78, 5) is 24.7. The Hall–Kier alpha value is -1.10. The lowest BCUT2D eigenvalue weighted by atomic mass is 10.2. The van der Waals surface area contributed by atoms with Gasteiger partial charge in [0.2, 0.25) is 11.8 Å². The van der Waals surface area contributed by atoms with Crippen molar-refractivity contribution in [3.8, 4) is 0 Å². The predicted octanol–water partition coefficient (Wildman–Crippen LogP) is -0.277. The van der Waals surface area contributed by atoms with E-state index in [4.69, 9.17) is 0 Å². The molecule has 0 aromatic rings. The Morgan fingerprint density at radius 2 is 2.38 bits per heavy atom. The van der Waals surface area contributed by atoms with Crippen LogP contribution in [-0.2, 0) is 9.59 Å². The van der Waals surface area contributed by atoms with E-state index < -0.39 is 0 Å². The molecule has 0 aromatic carbocycles. The highest BCUT2D eigenvalue weighted by atomic mass is 16.2. The zero-order valence-corrected chi connectivity index (χ0v) is 10.1. The van der Waals surface area contributed by atoms with E-state index in [1.807, 2.05) is 11.8 Å². The van der Waals surface area contributed by atoms with Gasteiger partial charge in [-0.3, -0.25) is 9.59 Å². The topological polar surface area (TPSA) is 61.4 Å². The van der Waals surface area contributed by atoms with Crippen molar-refractivity contribution in [1.29, 1.82) is 0 Å². The molecule has 0 spiro atoms. The van der Waals surface area contributed by atoms with E-state index in [0.29, 0.717) is 13.0 Å². The van der Waals surface area contributed by atoms with E-state index in [0.717, 1.165) is 25.9 Å². The minimum atomic E-state index is -0.0949. The SMILES string of the molecule is CNC(=O)CCCN1CCCNC(C)C1=O. The Kier molecular flexibility index (Phi) is 5.25. The van der Waals surface area contributed by atoms with Crippen LogP contribution in [0.2, 0.25) is 0 Å². The molecule has 0 bridgehead atoms. The summed E-state index contributed by atoms with van der Waals surface area (Å²) in [5.41, 5.74) is 0. The van der Waals surface area contributed by atoms with E-state index >= 15 is 0 Å². The Labute approximate surface area is 96.6 Å². The molecule has 0 aromatic heterocycles. The standard InChI is InChI=1S/C11H21N3O2/c1-9-11(16)14(8-4-6-13-9)7-3-5-10(15)12-2/h9,13H,3-8H2,1-2H3,(H,12,15). The van der Waals surface area contributed by atoms with Gasteiger partial charge >= 0.3 is 0 Å². The van der Waals surface area contributed by atoms with Crippen LogP contribution in [0.1, 0.15) is 26.2 Å². The molecule has 1 fully saturated rings. The summed E-state index contributed by atoms with van der Waals surface area (Å²) < 4.78 is 0. The fourth-order valence-corrected chi connectivity index (χ4v) is 1.84. The van der Waals surface area contributed by atoms with Crippen LogP contribution in [0, 0.1) is 0 Å². The Morgan fingerprint density at radius 1 is 1.62 bits per heavy atom. The third-order valence-corrected chi connectivity index (χ3v) is 2.85. The van der Waals surface area contributed by atoms with E-state index in [1.54, 1.807) is 7.05 Å². The molecule has 0 saturated carbocycles. The van der Waals surface area contributed by atoms with Gasteiger partial charge in [0.25, 0.3) is 0 Å². The number of carbonyl (C=O) groups excluding carboxylic acids is 2. The first-order valence-corrected chi connectivity index (χ1v) is 5.88. The average Bonchev–Trinajstić information content (AvgIpc) is 2.44. The number of nitrogens with zero attached hydrogens (tertiary/aromatic N) is 1. The van der Waals surface area contributed by atoms with E-state index in [2.05, 4.69) is 10.6 Å². The highest BCUT2D eigenvalue weighted by Gasteiger charge is 2.22. The molecule has 1 saturated heterocycles. The lowest BCUT2D eigenvalue weighted by Crippen LogP contribution is -2.42. The van der Waals surface area contributed by atoms with Crippen molar-refractivity contribution in [2.45, 2.75) is 32.2 Å². The minimum absolute atomic E-state index is 0.0356. The molecule has 1 atom stereocenters. The lowest BCUT2D eigenvalue weighted by Gasteiger charge is -2.22. The smallest absolute Gasteiger partial charge is 0.239 e. The second-order valence-corrected chi connectivity index (χ2v) is 4.13. The maximum Gasteiger partial charge on any atom is 0.239 e. The van der Waals surface area contributed by atoms with Gasteiger partial charge in [0, 0.05) is 26.6 Å². The Balaban J connectivity index is 2.33. The highest BCUT2D eigenvalue weighted by molar-refractivity contribution is 5.81. The van der Waals surface area contributed by atoms with Crippen LogP contribution in [0.5, 0.6) is 0 Å². The Morgan fingerprint density at radius 3 is 3.06 bits per heavy atom. The Bertz CT molecular complexity index is 256. The minimum Gasteiger partial charge on any atom is -0.359 e. The summed E-state index contributed by atoms with van der Waals surface area (Å²) in [6.45, 7) is 4.25. The number of nitrogens with one attached hydrogen (secondary N) is 2. The van der Waals surface area contributed by atoms with Crippen molar-refractivity contribution in [1.82, 2.24) is 15.5 Å². The average molecular weight is 227 g/mol. The number of rotatable bonds is 4. The number of hydrogen-bond donors (Lipinski definition) is 2. The predicted molar refractivity (Wildman–Crippen MR) is 62.0 cm³/mol. The lowest BCUT2D eigenvalue weighted by molar-refractivity contribution is -0.132. The second-order valence-electron chi connectivity index (χ2n) is 4.13. The zero-order valence-electron chi connectivity index (χ0n) is 10.1. The molecule has 0 aliphatic carbocycles. The first kappa shape index (κ1) is 13.0. The van der Waals surface area contributed by atoms with E-state index in [-0.39, 0.29) is 17.9 Å². The van der Waals surface area contributed by atoms with E-state index in [9.17, 15) is 9.59 Å². The van der Waals surface area contributed by atoms with Crippen LogP contribution >= 0.6 is 0 Å². The number of hydrogen-bond acceptors (Lipinski definition) is 3. The third kappa shape index (κ3) is 3.81. The van der Waals surface area contributed by atoms with Gasteiger partial charge in [0.05, 0.1) is 6.04 Å². The molecule has 1 heterocycles. The number of carbonyl (C=O) groups is 2. The quantitative estimate of drug-likeness (QED) is 0.694. The fraction of sp³-hybridized carbons (Fsp3) is 0.818. The molecule has 16 heavy (non-hydrogen) atoms. The van der Waals surface area contributed by atoms with Gasteiger partial charge < -0.3 is 15.5 Å². The van der Waals surface area contributed by atoms with Crippen LogP contribution in [-0.4, -0.2) is 49.4 Å². The highest BCUT2D eigenvalue weighted by Crippen LogP contribution is 2.04. The molecule has 5 heteroatoms. The van der Waals surface area contributed by atoms with Crippen molar-refractivity contribution in [3.63, 3.8) is 0 Å². The summed E-state index contributed by atoms with van der Waals surface area (Å²) in [6, 6.07) is -0.0949. The van der Waals surface area contributed by atoms with Crippen molar-refractivity contribution < 1.29 is 9.59 Å². The van der Waals surface area contributed by atoms with Crippen LogP contribution < -0.4 is 10.6 Å². The summed E-state index contributed by atoms with van der Waals surface area (Å²) >= 11 is 0. The van der Waals surface area contributed by atoms with Gasteiger partial charge in [-0.1, -0.05) is 0 Å². The normalized spacial score (nSPS) is 21.8. The fourth-order valence-electron chi connectivity index (χ4n) is 1.84. The zero-order chi connectivity index (χ0) is 12.0. The summed E-state index contributed by atoms with van der Waals surface area (Å²) in [7, 11) is 1.63. The van der Waals surface area contributed by atoms with Crippen molar-refractivity contribution in [3.05, 3.63) is 0 Å². The van der Waals surface area contributed by atoms with Crippen molar-refractivity contribution >= 4 is 11.8 Å². The van der Waals surface area contributed by atoms with Crippen LogP contribution in [0.4, 0.5) is 0 Å².